The van der Waals surface area contributed by atoms with E-state index in [4.69, 9.17) is 10.7 Å². The molecule has 0 unspecified atom stereocenters. The van der Waals surface area contributed by atoms with E-state index in [2.05, 4.69) is 44.5 Å². The fourth-order valence-electron chi connectivity index (χ4n) is 4.27. The zero-order valence-corrected chi connectivity index (χ0v) is 16.9. The monoisotopic (exact) mass is 403 g/mol. The Kier molecular flexibility index (Phi) is 4.63. The second-order valence-electron chi connectivity index (χ2n) is 7.98. The van der Waals surface area contributed by atoms with E-state index in [0.29, 0.717) is 17.6 Å². The van der Waals surface area contributed by atoms with Gasteiger partial charge in [0.05, 0.1) is 17.2 Å². The number of hydrogen-bond donors (Lipinski definition) is 4. The fourth-order valence-corrected chi connectivity index (χ4v) is 4.27. The number of piperidine rings is 1. The molecule has 1 fully saturated rings. The highest BCUT2D eigenvalue weighted by molar-refractivity contribution is 5.93. The molecule has 0 radical (unpaired) electrons. The summed E-state index contributed by atoms with van der Waals surface area (Å²) in [6, 6.07) is 8.04. The van der Waals surface area contributed by atoms with Crippen LogP contribution in [0.1, 0.15) is 18.4 Å². The molecule has 0 amide bonds. The van der Waals surface area contributed by atoms with Crippen LogP contribution in [-0.4, -0.2) is 45.0 Å². The third-order valence-electron chi connectivity index (χ3n) is 6.04. The topological polar surface area (TPSA) is 116 Å². The number of aromatic nitrogens is 4. The summed E-state index contributed by atoms with van der Waals surface area (Å²) in [6.45, 7) is 4.30. The smallest absolute Gasteiger partial charge is 0.227 e. The van der Waals surface area contributed by atoms with Crippen molar-refractivity contribution in [2.75, 3.05) is 35.6 Å². The van der Waals surface area contributed by atoms with Gasteiger partial charge < -0.3 is 21.1 Å². The van der Waals surface area contributed by atoms with Crippen LogP contribution in [0.25, 0.3) is 21.8 Å². The lowest BCUT2D eigenvalue weighted by molar-refractivity contribution is 0.203. The molecule has 0 aliphatic carbocycles. The highest BCUT2D eigenvalue weighted by Crippen LogP contribution is 2.31. The number of nitrogens with zero attached hydrogens (tertiary/aromatic N) is 4. The Morgan fingerprint density at radius 1 is 1.23 bits per heavy atom. The standard InChI is InChI=1S/C22H25N7O/c1-13-20(29-6-4-14(12-30)5-7-29)3-2-15-10-24-22(27-21(13)15)26-16-8-18(23)17-11-25-28-19(17)9-16/h2-3,8-11,14,30H,4-7,12,23H2,1H3,(H,25,28)(H,24,26,27). The van der Waals surface area contributed by atoms with Crippen LogP contribution in [0.2, 0.25) is 0 Å². The Balaban J connectivity index is 1.46. The molecule has 1 aliphatic rings. The molecule has 0 saturated carbocycles. The Bertz CT molecular complexity index is 1210. The lowest BCUT2D eigenvalue weighted by Crippen LogP contribution is -2.35. The van der Waals surface area contributed by atoms with Gasteiger partial charge in [0.1, 0.15) is 0 Å². The molecule has 2 aromatic heterocycles. The molecule has 1 saturated heterocycles. The summed E-state index contributed by atoms with van der Waals surface area (Å²) in [5, 5.41) is 21.6. The van der Waals surface area contributed by atoms with E-state index in [-0.39, 0.29) is 6.61 Å². The molecular formula is C22H25N7O. The van der Waals surface area contributed by atoms with Crippen molar-refractivity contribution in [1.29, 1.82) is 0 Å². The van der Waals surface area contributed by atoms with Crippen LogP contribution in [0.4, 0.5) is 23.0 Å². The summed E-state index contributed by atoms with van der Waals surface area (Å²) in [6.07, 6.45) is 5.59. The van der Waals surface area contributed by atoms with Crippen LogP contribution in [0, 0.1) is 12.8 Å². The van der Waals surface area contributed by atoms with Gasteiger partial charge in [0, 0.05) is 53.7 Å². The molecule has 0 atom stereocenters. The Labute approximate surface area is 174 Å². The number of aliphatic hydroxyl groups is 1. The van der Waals surface area contributed by atoms with Gasteiger partial charge in [-0.2, -0.15) is 5.10 Å². The van der Waals surface area contributed by atoms with Crippen LogP contribution in [0.5, 0.6) is 0 Å². The molecular weight excluding hydrogens is 378 g/mol. The van der Waals surface area contributed by atoms with Crippen LogP contribution < -0.4 is 16.0 Å². The molecule has 5 N–H and O–H groups in total. The van der Waals surface area contributed by atoms with Gasteiger partial charge in [0.15, 0.2) is 0 Å². The summed E-state index contributed by atoms with van der Waals surface area (Å²) in [5.74, 6) is 0.944. The first-order valence-electron chi connectivity index (χ1n) is 10.2. The lowest BCUT2D eigenvalue weighted by atomic mass is 9.96. The fraction of sp³-hybridized carbons (Fsp3) is 0.318. The van der Waals surface area contributed by atoms with Gasteiger partial charge in [0.2, 0.25) is 5.95 Å². The Hall–Kier alpha value is -3.39. The van der Waals surface area contributed by atoms with Crippen LogP contribution in [0.15, 0.2) is 36.7 Å². The molecule has 1 aliphatic heterocycles. The van der Waals surface area contributed by atoms with Gasteiger partial charge in [-0.05, 0) is 55.5 Å². The van der Waals surface area contributed by atoms with E-state index in [1.165, 1.54) is 5.69 Å². The summed E-state index contributed by atoms with van der Waals surface area (Å²) >= 11 is 0. The van der Waals surface area contributed by atoms with E-state index in [1.54, 1.807) is 6.20 Å². The number of nitrogens with two attached hydrogens (primary N) is 1. The third kappa shape index (κ3) is 3.29. The molecule has 0 bridgehead atoms. The number of hydrogen-bond acceptors (Lipinski definition) is 7. The number of anilines is 4. The molecule has 154 valence electrons. The van der Waals surface area contributed by atoms with Gasteiger partial charge >= 0.3 is 0 Å². The van der Waals surface area contributed by atoms with Crippen LogP contribution in [0.3, 0.4) is 0 Å². The molecule has 30 heavy (non-hydrogen) atoms. The van der Waals surface area contributed by atoms with E-state index in [9.17, 15) is 5.11 Å². The first kappa shape index (κ1) is 18.6. The number of nitrogens with one attached hydrogen (secondary N) is 2. The predicted molar refractivity (Wildman–Crippen MR) is 120 cm³/mol. The minimum atomic E-state index is 0.279. The maximum atomic E-state index is 9.40. The van der Waals surface area contributed by atoms with E-state index < -0.39 is 0 Å². The molecule has 5 rings (SSSR count). The maximum absolute atomic E-state index is 9.40. The van der Waals surface area contributed by atoms with Crippen molar-refractivity contribution < 1.29 is 5.11 Å². The number of aryl methyl sites for hydroxylation is 1. The van der Waals surface area contributed by atoms with Gasteiger partial charge in [-0.25, -0.2) is 9.97 Å². The second-order valence-corrected chi connectivity index (χ2v) is 7.98. The molecule has 8 heteroatoms. The summed E-state index contributed by atoms with van der Waals surface area (Å²) in [5.41, 5.74) is 11.7. The average molecular weight is 403 g/mol. The normalized spacial score (nSPS) is 15.2. The Morgan fingerprint density at radius 3 is 2.87 bits per heavy atom. The van der Waals surface area contributed by atoms with Crippen LogP contribution in [-0.2, 0) is 0 Å². The van der Waals surface area contributed by atoms with Crippen molar-refractivity contribution >= 4 is 44.8 Å². The number of H-pyrrole nitrogens is 1. The third-order valence-corrected chi connectivity index (χ3v) is 6.04. The van der Waals surface area contributed by atoms with E-state index in [1.807, 2.05) is 18.3 Å². The highest BCUT2D eigenvalue weighted by atomic mass is 16.3. The van der Waals surface area contributed by atoms with Crippen molar-refractivity contribution in [2.24, 2.45) is 5.92 Å². The van der Waals surface area contributed by atoms with Crippen molar-refractivity contribution in [3.63, 3.8) is 0 Å². The number of aliphatic hydroxyl groups excluding tert-OH is 1. The average Bonchev–Trinajstić information content (AvgIpc) is 3.24. The zero-order chi connectivity index (χ0) is 20.7. The first-order valence-corrected chi connectivity index (χ1v) is 10.2. The van der Waals surface area contributed by atoms with Crippen molar-refractivity contribution in [2.45, 2.75) is 19.8 Å². The second kappa shape index (κ2) is 7.46. The highest BCUT2D eigenvalue weighted by Gasteiger charge is 2.21. The molecule has 0 spiro atoms. The van der Waals surface area contributed by atoms with E-state index in [0.717, 1.165) is 59.0 Å². The number of nitrogen functional groups attached to an aromatic ring is 1. The summed E-state index contributed by atoms with van der Waals surface area (Å²) in [4.78, 5) is 11.7. The molecule has 4 aromatic rings. The SMILES string of the molecule is Cc1c(N2CCC(CO)CC2)ccc2cnc(Nc3cc(N)c4cn[nH]c4c3)nc12. The summed E-state index contributed by atoms with van der Waals surface area (Å²) in [7, 11) is 0. The summed E-state index contributed by atoms with van der Waals surface area (Å²) < 4.78 is 0. The maximum Gasteiger partial charge on any atom is 0.227 e. The zero-order valence-electron chi connectivity index (χ0n) is 16.9. The first-order chi connectivity index (χ1) is 14.6. The molecule has 2 aromatic carbocycles. The lowest BCUT2D eigenvalue weighted by Gasteiger charge is -2.34. The minimum absolute atomic E-state index is 0.279. The number of aromatic amines is 1. The number of fused-ring (bicyclic) bond motifs is 2. The van der Waals surface area contributed by atoms with Gasteiger partial charge in [-0.1, -0.05) is 0 Å². The van der Waals surface area contributed by atoms with Crippen molar-refractivity contribution in [1.82, 2.24) is 20.2 Å². The molecule has 3 heterocycles. The Morgan fingerprint density at radius 2 is 2.07 bits per heavy atom. The van der Waals surface area contributed by atoms with Gasteiger partial charge in [-0.15, -0.1) is 0 Å². The molecule has 8 nitrogen and oxygen atoms in total. The minimum Gasteiger partial charge on any atom is -0.398 e. The number of rotatable bonds is 4. The predicted octanol–water partition coefficient (Wildman–Crippen LogP) is 3.35. The number of benzene rings is 2. The largest absolute Gasteiger partial charge is 0.398 e. The van der Waals surface area contributed by atoms with Crippen LogP contribution >= 0.6 is 0 Å². The van der Waals surface area contributed by atoms with E-state index >= 15 is 0 Å². The quantitative estimate of drug-likeness (QED) is 0.386. The van der Waals surface area contributed by atoms with Gasteiger partial charge in [-0.3, -0.25) is 5.10 Å². The van der Waals surface area contributed by atoms with Crippen molar-refractivity contribution in [3.05, 3.63) is 42.2 Å². The van der Waals surface area contributed by atoms with Gasteiger partial charge in [0.25, 0.3) is 0 Å². The van der Waals surface area contributed by atoms with Crippen molar-refractivity contribution in [3.8, 4) is 0 Å².